The van der Waals surface area contributed by atoms with Crippen molar-refractivity contribution in [3.05, 3.63) is 90.0 Å². The molecular weight excluding hydrogens is 312 g/mol. The lowest BCUT2D eigenvalue weighted by atomic mass is 10.2. The Hall–Kier alpha value is -3.27. The Morgan fingerprint density at radius 1 is 0.840 bits per heavy atom. The van der Waals surface area contributed by atoms with Crippen molar-refractivity contribution in [3.8, 4) is 11.5 Å². The van der Waals surface area contributed by atoms with E-state index in [9.17, 15) is 0 Å². The first kappa shape index (κ1) is 16.6. The standard InChI is InChI=1S/C21H20N2O2/c1-24-20-13-9-19(10-14-20)23-22-15-17-7-11-21(12-8-17)25-16-18-5-3-2-4-6-18/h2-15,23H,16H2,1H3/b22-15+. The second kappa shape index (κ2) is 8.55. The van der Waals surface area contributed by atoms with Crippen molar-refractivity contribution in [2.24, 2.45) is 5.10 Å². The Morgan fingerprint density at radius 3 is 2.20 bits per heavy atom. The molecule has 4 nitrogen and oxygen atoms in total. The van der Waals surface area contributed by atoms with E-state index in [4.69, 9.17) is 9.47 Å². The highest BCUT2D eigenvalue weighted by molar-refractivity contribution is 5.80. The van der Waals surface area contributed by atoms with Gasteiger partial charge >= 0.3 is 0 Å². The van der Waals surface area contributed by atoms with Crippen molar-refractivity contribution in [3.63, 3.8) is 0 Å². The van der Waals surface area contributed by atoms with Gasteiger partial charge < -0.3 is 9.47 Å². The Kier molecular flexibility index (Phi) is 5.67. The first-order valence-corrected chi connectivity index (χ1v) is 8.03. The third-order valence-corrected chi connectivity index (χ3v) is 3.63. The maximum Gasteiger partial charge on any atom is 0.119 e. The maximum atomic E-state index is 5.77. The van der Waals surface area contributed by atoms with Crippen LogP contribution in [-0.4, -0.2) is 13.3 Å². The van der Waals surface area contributed by atoms with Crippen molar-refractivity contribution in [2.75, 3.05) is 12.5 Å². The molecule has 126 valence electrons. The van der Waals surface area contributed by atoms with Gasteiger partial charge in [-0.25, -0.2) is 0 Å². The van der Waals surface area contributed by atoms with E-state index < -0.39 is 0 Å². The highest BCUT2D eigenvalue weighted by Crippen LogP contribution is 2.15. The van der Waals surface area contributed by atoms with E-state index in [2.05, 4.69) is 10.5 Å². The maximum absolute atomic E-state index is 5.77. The highest BCUT2D eigenvalue weighted by Gasteiger charge is 1.96. The largest absolute Gasteiger partial charge is 0.497 e. The van der Waals surface area contributed by atoms with E-state index in [1.165, 1.54) is 0 Å². The summed E-state index contributed by atoms with van der Waals surface area (Å²) in [7, 11) is 1.65. The van der Waals surface area contributed by atoms with Crippen molar-refractivity contribution in [1.82, 2.24) is 0 Å². The van der Waals surface area contributed by atoms with Crippen LogP contribution in [0.15, 0.2) is 84.0 Å². The average Bonchev–Trinajstić information content (AvgIpc) is 2.69. The van der Waals surface area contributed by atoms with Crippen LogP contribution in [0.5, 0.6) is 11.5 Å². The van der Waals surface area contributed by atoms with Gasteiger partial charge in [-0.05, 0) is 59.7 Å². The molecule has 4 heteroatoms. The Labute approximate surface area is 147 Å². The van der Waals surface area contributed by atoms with Crippen LogP contribution in [0, 0.1) is 0 Å². The minimum absolute atomic E-state index is 0.563. The number of anilines is 1. The normalized spacial score (nSPS) is 10.6. The Bertz CT molecular complexity index is 798. The number of benzene rings is 3. The van der Waals surface area contributed by atoms with Gasteiger partial charge in [-0.15, -0.1) is 0 Å². The molecule has 0 amide bonds. The number of hydrogen-bond donors (Lipinski definition) is 1. The van der Waals surface area contributed by atoms with Gasteiger partial charge in [0, 0.05) is 0 Å². The molecule has 0 unspecified atom stereocenters. The summed E-state index contributed by atoms with van der Waals surface area (Å²) in [5, 5.41) is 4.23. The second-order valence-corrected chi connectivity index (χ2v) is 5.44. The third-order valence-electron chi connectivity index (χ3n) is 3.63. The fourth-order valence-electron chi connectivity index (χ4n) is 2.24. The molecule has 3 aromatic carbocycles. The summed E-state index contributed by atoms with van der Waals surface area (Å²) >= 11 is 0. The van der Waals surface area contributed by atoms with Gasteiger partial charge in [-0.3, -0.25) is 5.43 Å². The summed E-state index contributed by atoms with van der Waals surface area (Å²) in [6.45, 7) is 0.563. The molecule has 0 bridgehead atoms. The van der Waals surface area contributed by atoms with Gasteiger partial charge in [0.25, 0.3) is 0 Å². The van der Waals surface area contributed by atoms with E-state index in [1.54, 1.807) is 13.3 Å². The fourth-order valence-corrected chi connectivity index (χ4v) is 2.24. The SMILES string of the molecule is COc1ccc(N/N=C/c2ccc(OCc3ccccc3)cc2)cc1. The molecular formula is C21H20N2O2. The molecule has 1 N–H and O–H groups in total. The van der Waals surface area contributed by atoms with E-state index in [-0.39, 0.29) is 0 Å². The molecule has 0 saturated heterocycles. The average molecular weight is 332 g/mol. The van der Waals surface area contributed by atoms with E-state index >= 15 is 0 Å². The lowest BCUT2D eigenvalue weighted by Crippen LogP contribution is -1.95. The zero-order valence-electron chi connectivity index (χ0n) is 14.1. The molecule has 25 heavy (non-hydrogen) atoms. The molecule has 0 atom stereocenters. The van der Waals surface area contributed by atoms with Crippen molar-refractivity contribution in [2.45, 2.75) is 6.61 Å². The summed E-state index contributed by atoms with van der Waals surface area (Å²) in [4.78, 5) is 0. The van der Waals surface area contributed by atoms with Gasteiger partial charge in [0.1, 0.15) is 18.1 Å². The Balaban J connectivity index is 1.51. The fraction of sp³-hybridized carbons (Fsp3) is 0.0952. The first-order valence-electron chi connectivity index (χ1n) is 8.03. The number of methoxy groups -OCH3 is 1. The topological polar surface area (TPSA) is 42.8 Å². The molecule has 0 aliphatic carbocycles. The van der Waals surface area contributed by atoms with Crippen LogP contribution in [0.2, 0.25) is 0 Å². The molecule has 0 heterocycles. The van der Waals surface area contributed by atoms with Crippen molar-refractivity contribution >= 4 is 11.9 Å². The van der Waals surface area contributed by atoms with E-state index in [0.29, 0.717) is 6.61 Å². The van der Waals surface area contributed by atoms with Crippen LogP contribution >= 0.6 is 0 Å². The number of nitrogens with one attached hydrogen (secondary N) is 1. The summed E-state index contributed by atoms with van der Waals surface area (Å²) in [6, 6.07) is 25.5. The third kappa shape index (κ3) is 5.11. The van der Waals surface area contributed by atoms with Gasteiger partial charge in [0.15, 0.2) is 0 Å². The number of ether oxygens (including phenoxy) is 2. The summed E-state index contributed by atoms with van der Waals surface area (Å²) < 4.78 is 10.9. The molecule has 0 aromatic heterocycles. The molecule has 0 fully saturated rings. The molecule has 3 rings (SSSR count). The minimum atomic E-state index is 0.563. The van der Waals surface area contributed by atoms with Gasteiger partial charge in [0.05, 0.1) is 19.0 Å². The molecule has 0 saturated carbocycles. The monoisotopic (exact) mass is 332 g/mol. The van der Waals surface area contributed by atoms with Crippen LogP contribution < -0.4 is 14.9 Å². The lowest BCUT2D eigenvalue weighted by Gasteiger charge is -2.06. The number of nitrogens with zero attached hydrogens (tertiary/aromatic N) is 1. The number of rotatable bonds is 7. The lowest BCUT2D eigenvalue weighted by molar-refractivity contribution is 0.306. The summed E-state index contributed by atoms with van der Waals surface area (Å²) in [5.41, 5.74) is 6.03. The molecule has 0 aliphatic rings. The van der Waals surface area contributed by atoms with Gasteiger partial charge in [-0.2, -0.15) is 5.10 Å². The molecule has 0 radical (unpaired) electrons. The van der Waals surface area contributed by atoms with Crippen LogP contribution in [0.25, 0.3) is 0 Å². The number of hydrogen-bond acceptors (Lipinski definition) is 4. The van der Waals surface area contributed by atoms with Crippen LogP contribution in [-0.2, 0) is 6.61 Å². The van der Waals surface area contributed by atoms with E-state index in [1.807, 2.05) is 78.9 Å². The van der Waals surface area contributed by atoms with Gasteiger partial charge in [0.2, 0.25) is 0 Å². The quantitative estimate of drug-likeness (QED) is 0.503. The summed E-state index contributed by atoms with van der Waals surface area (Å²) in [5.74, 6) is 1.66. The van der Waals surface area contributed by atoms with Crippen molar-refractivity contribution in [1.29, 1.82) is 0 Å². The molecule has 0 aliphatic heterocycles. The number of hydrazone groups is 1. The minimum Gasteiger partial charge on any atom is -0.497 e. The zero-order chi connectivity index (χ0) is 17.3. The highest BCUT2D eigenvalue weighted by atomic mass is 16.5. The molecule has 0 spiro atoms. The zero-order valence-corrected chi connectivity index (χ0v) is 14.1. The smallest absolute Gasteiger partial charge is 0.119 e. The first-order chi connectivity index (χ1) is 12.3. The Morgan fingerprint density at radius 2 is 1.52 bits per heavy atom. The predicted molar refractivity (Wildman–Crippen MR) is 101 cm³/mol. The summed E-state index contributed by atoms with van der Waals surface area (Å²) in [6.07, 6.45) is 1.77. The predicted octanol–water partition coefficient (Wildman–Crippen LogP) is 4.72. The second-order valence-electron chi connectivity index (χ2n) is 5.44. The van der Waals surface area contributed by atoms with Crippen molar-refractivity contribution < 1.29 is 9.47 Å². The molecule has 3 aromatic rings. The van der Waals surface area contributed by atoms with E-state index in [0.717, 1.165) is 28.3 Å². The van der Waals surface area contributed by atoms with Crippen LogP contribution in [0.4, 0.5) is 5.69 Å². The van der Waals surface area contributed by atoms with Crippen LogP contribution in [0.1, 0.15) is 11.1 Å². The van der Waals surface area contributed by atoms with Gasteiger partial charge in [-0.1, -0.05) is 30.3 Å². The van der Waals surface area contributed by atoms with Crippen LogP contribution in [0.3, 0.4) is 0 Å².